The van der Waals surface area contributed by atoms with Gasteiger partial charge in [0.25, 0.3) is 0 Å². The van der Waals surface area contributed by atoms with Gasteiger partial charge in [0.05, 0.1) is 0 Å². The van der Waals surface area contributed by atoms with E-state index in [0.29, 0.717) is 0 Å². The third-order valence-electron chi connectivity index (χ3n) is 2.66. The fraction of sp³-hybridized carbons (Fsp3) is 0.727. The van der Waals surface area contributed by atoms with Crippen LogP contribution in [-0.2, 0) is 4.79 Å². The average Bonchev–Trinajstić information content (AvgIpc) is 2.29. The monoisotopic (exact) mass is 212 g/mol. The summed E-state index contributed by atoms with van der Waals surface area (Å²) < 4.78 is 0. The highest BCUT2D eigenvalue weighted by Crippen LogP contribution is 2.04. The van der Waals surface area contributed by atoms with Crippen molar-refractivity contribution in [2.24, 2.45) is 0 Å². The Hall–Kier alpha value is -0.870. The van der Waals surface area contributed by atoms with Crippen molar-refractivity contribution in [2.45, 2.75) is 13.3 Å². The molecule has 1 aliphatic heterocycles. The van der Waals surface area contributed by atoms with Crippen LogP contribution in [-0.4, -0.2) is 60.6 Å². The van der Waals surface area contributed by atoms with Crippen LogP contribution in [0.3, 0.4) is 0 Å². The lowest BCUT2D eigenvalue weighted by molar-refractivity contribution is -0.131. The largest absolute Gasteiger partial charge is 0.478 e. The van der Waals surface area contributed by atoms with Crippen LogP contribution in [0.4, 0.5) is 0 Å². The third kappa shape index (κ3) is 4.95. The molecule has 4 heteroatoms. The Balaban J connectivity index is 2.40. The van der Waals surface area contributed by atoms with E-state index in [-0.39, 0.29) is 0 Å². The van der Waals surface area contributed by atoms with Crippen LogP contribution < -0.4 is 0 Å². The standard InChI is InChI=1S/C11H20N2O2/c1-10(8-11(14)15)9-13-5-3-4-12(2)6-7-13/h8H,3-7,9H2,1-2H3,(H,14,15)/b10-8+. The van der Waals surface area contributed by atoms with Gasteiger partial charge in [-0.1, -0.05) is 5.57 Å². The van der Waals surface area contributed by atoms with Crippen molar-refractivity contribution in [2.75, 3.05) is 39.8 Å². The summed E-state index contributed by atoms with van der Waals surface area (Å²) in [6, 6.07) is 0. The van der Waals surface area contributed by atoms with Gasteiger partial charge in [0.2, 0.25) is 0 Å². The summed E-state index contributed by atoms with van der Waals surface area (Å²) >= 11 is 0. The van der Waals surface area contributed by atoms with Crippen molar-refractivity contribution in [3.8, 4) is 0 Å². The average molecular weight is 212 g/mol. The van der Waals surface area contributed by atoms with Crippen molar-refractivity contribution in [1.29, 1.82) is 0 Å². The number of likely N-dealkylation sites (N-methyl/N-ethyl adjacent to an activating group) is 1. The topological polar surface area (TPSA) is 43.8 Å². The van der Waals surface area contributed by atoms with E-state index in [4.69, 9.17) is 5.11 Å². The SMILES string of the molecule is C/C(=C\C(=O)O)CN1CCCN(C)CC1. The Morgan fingerprint density at radius 3 is 2.73 bits per heavy atom. The summed E-state index contributed by atoms with van der Waals surface area (Å²) in [5, 5.41) is 8.61. The zero-order valence-electron chi connectivity index (χ0n) is 9.57. The summed E-state index contributed by atoms with van der Waals surface area (Å²) in [5.74, 6) is -0.848. The number of carboxylic acid groups (broad SMARTS) is 1. The van der Waals surface area contributed by atoms with Gasteiger partial charge in [-0.05, 0) is 33.5 Å². The van der Waals surface area contributed by atoms with Gasteiger partial charge in [0.15, 0.2) is 0 Å². The molecule has 0 aromatic heterocycles. The summed E-state index contributed by atoms with van der Waals surface area (Å²) in [7, 11) is 2.13. The number of hydrogen-bond donors (Lipinski definition) is 1. The van der Waals surface area contributed by atoms with E-state index in [1.807, 2.05) is 6.92 Å². The summed E-state index contributed by atoms with van der Waals surface area (Å²) in [5.41, 5.74) is 0.923. The highest BCUT2D eigenvalue weighted by Gasteiger charge is 2.12. The summed E-state index contributed by atoms with van der Waals surface area (Å²) in [6.07, 6.45) is 2.46. The number of rotatable bonds is 3. The first-order chi connectivity index (χ1) is 7.08. The molecule has 1 fully saturated rings. The molecule has 15 heavy (non-hydrogen) atoms. The van der Waals surface area contributed by atoms with Gasteiger partial charge in [-0.3, -0.25) is 4.90 Å². The molecule has 0 radical (unpaired) electrons. The van der Waals surface area contributed by atoms with E-state index in [1.54, 1.807) is 0 Å². The van der Waals surface area contributed by atoms with Gasteiger partial charge in [-0.2, -0.15) is 0 Å². The second-order valence-corrected chi connectivity index (χ2v) is 4.26. The maximum absolute atomic E-state index is 10.5. The van der Waals surface area contributed by atoms with Crippen LogP contribution in [0, 0.1) is 0 Å². The van der Waals surface area contributed by atoms with E-state index in [9.17, 15) is 4.79 Å². The highest BCUT2D eigenvalue weighted by molar-refractivity contribution is 5.80. The third-order valence-corrected chi connectivity index (χ3v) is 2.66. The minimum Gasteiger partial charge on any atom is -0.478 e. The lowest BCUT2D eigenvalue weighted by Gasteiger charge is -2.20. The lowest BCUT2D eigenvalue weighted by atomic mass is 10.2. The molecule has 0 amide bonds. The second-order valence-electron chi connectivity index (χ2n) is 4.26. The molecule has 0 aliphatic carbocycles. The maximum atomic E-state index is 10.5. The molecular formula is C11H20N2O2. The Kier molecular flexibility index (Phi) is 4.78. The molecule has 1 rings (SSSR count). The Bertz CT molecular complexity index is 251. The first kappa shape index (κ1) is 12.2. The molecule has 0 atom stereocenters. The molecular weight excluding hydrogens is 192 g/mol. The molecule has 1 N–H and O–H groups in total. The molecule has 0 bridgehead atoms. The van der Waals surface area contributed by atoms with Gasteiger partial charge < -0.3 is 10.0 Å². The van der Waals surface area contributed by atoms with Crippen LogP contribution in [0.5, 0.6) is 0 Å². The molecule has 86 valence electrons. The predicted molar refractivity (Wildman–Crippen MR) is 59.9 cm³/mol. The van der Waals surface area contributed by atoms with Crippen LogP contribution in [0.1, 0.15) is 13.3 Å². The Morgan fingerprint density at radius 1 is 1.33 bits per heavy atom. The van der Waals surface area contributed by atoms with Crippen molar-refractivity contribution in [3.05, 3.63) is 11.6 Å². The molecule has 0 aromatic carbocycles. The van der Waals surface area contributed by atoms with Gasteiger partial charge in [0, 0.05) is 25.7 Å². The van der Waals surface area contributed by atoms with E-state index in [1.165, 1.54) is 6.08 Å². The Labute approximate surface area is 91.2 Å². The number of carbonyl (C=O) groups is 1. The molecule has 0 unspecified atom stereocenters. The molecule has 1 aliphatic rings. The smallest absolute Gasteiger partial charge is 0.328 e. The van der Waals surface area contributed by atoms with Gasteiger partial charge in [0.1, 0.15) is 0 Å². The van der Waals surface area contributed by atoms with Crippen molar-refractivity contribution >= 4 is 5.97 Å². The van der Waals surface area contributed by atoms with Gasteiger partial charge in [-0.25, -0.2) is 4.79 Å². The highest BCUT2D eigenvalue weighted by atomic mass is 16.4. The van der Waals surface area contributed by atoms with Crippen molar-refractivity contribution in [1.82, 2.24) is 9.80 Å². The van der Waals surface area contributed by atoms with Crippen LogP contribution in [0.2, 0.25) is 0 Å². The number of hydrogen-bond acceptors (Lipinski definition) is 3. The van der Waals surface area contributed by atoms with Crippen molar-refractivity contribution < 1.29 is 9.90 Å². The van der Waals surface area contributed by atoms with Gasteiger partial charge in [-0.15, -0.1) is 0 Å². The quantitative estimate of drug-likeness (QED) is 0.698. The molecule has 0 saturated carbocycles. The molecule has 0 spiro atoms. The fourth-order valence-corrected chi connectivity index (χ4v) is 1.87. The van der Waals surface area contributed by atoms with E-state index in [0.717, 1.165) is 44.7 Å². The fourth-order valence-electron chi connectivity index (χ4n) is 1.87. The molecule has 1 saturated heterocycles. The lowest BCUT2D eigenvalue weighted by Crippen LogP contribution is -2.30. The van der Waals surface area contributed by atoms with Crippen LogP contribution in [0.25, 0.3) is 0 Å². The van der Waals surface area contributed by atoms with E-state index in [2.05, 4.69) is 16.8 Å². The zero-order valence-corrected chi connectivity index (χ0v) is 9.57. The number of nitrogens with zero attached hydrogens (tertiary/aromatic N) is 2. The first-order valence-electron chi connectivity index (χ1n) is 5.39. The molecule has 1 heterocycles. The van der Waals surface area contributed by atoms with Crippen LogP contribution >= 0.6 is 0 Å². The minimum absolute atomic E-state index is 0.778. The second kappa shape index (κ2) is 5.88. The predicted octanol–water partition coefficient (Wildman–Crippen LogP) is 0.655. The maximum Gasteiger partial charge on any atom is 0.328 e. The van der Waals surface area contributed by atoms with Crippen LogP contribution in [0.15, 0.2) is 11.6 Å². The van der Waals surface area contributed by atoms with Crippen molar-refractivity contribution in [3.63, 3.8) is 0 Å². The zero-order chi connectivity index (χ0) is 11.3. The summed E-state index contributed by atoms with van der Waals surface area (Å²) in [6.45, 7) is 6.96. The van der Waals surface area contributed by atoms with Gasteiger partial charge >= 0.3 is 5.97 Å². The normalized spacial score (nSPS) is 21.3. The minimum atomic E-state index is -0.848. The first-order valence-corrected chi connectivity index (χ1v) is 5.39. The Morgan fingerprint density at radius 2 is 2.07 bits per heavy atom. The summed E-state index contributed by atoms with van der Waals surface area (Å²) in [4.78, 5) is 15.1. The molecule has 0 aromatic rings. The van der Waals surface area contributed by atoms with E-state index < -0.39 is 5.97 Å². The van der Waals surface area contributed by atoms with E-state index >= 15 is 0 Å². The number of aliphatic carboxylic acids is 1. The number of carboxylic acids is 1. The molecule has 4 nitrogen and oxygen atoms in total.